The average Bonchev–Trinajstić information content (AvgIpc) is 2.02. The molecule has 4 heteroatoms. The zero-order valence-corrected chi connectivity index (χ0v) is 8.72. The number of carbonyl (C=O) groups is 1. The smallest absolute Gasteiger partial charge is 0.407 e. The first-order chi connectivity index (χ1) is 6.16. The van der Waals surface area contributed by atoms with E-state index in [1.807, 2.05) is 13.8 Å². The van der Waals surface area contributed by atoms with Crippen LogP contribution in [0.4, 0.5) is 4.79 Å². The molecule has 0 unspecified atom stereocenters. The first-order valence-corrected chi connectivity index (χ1v) is 4.80. The Kier molecular flexibility index (Phi) is 7.39. The standard InChI is InChI=1S/C9H20N2O2/c1-4-5-10-6-7-13-9(12)11-8(2)3/h8,10H,4-7H2,1-3H3,(H,11,12). The molecular formula is C9H20N2O2. The highest BCUT2D eigenvalue weighted by Gasteiger charge is 2.01. The van der Waals surface area contributed by atoms with Crippen LogP contribution in [-0.4, -0.2) is 31.8 Å². The molecule has 0 spiro atoms. The zero-order chi connectivity index (χ0) is 10.1. The van der Waals surface area contributed by atoms with Crippen LogP contribution in [0.3, 0.4) is 0 Å². The summed E-state index contributed by atoms with van der Waals surface area (Å²) < 4.78 is 4.89. The molecule has 0 radical (unpaired) electrons. The van der Waals surface area contributed by atoms with Crippen molar-refractivity contribution in [2.45, 2.75) is 33.2 Å². The summed E-state index contributed by atoms with van der Waals surface area (Å²) in [6.07, 6.45) is 0.756. The summed E-state index contributed by atoms with van der Waals surface area (Å²) in [4.78, 5) is 10.9. The van der Waals surface area contributed by atoms with Crippen molar-refractivity contribution in [2.75, 3.05) is 19.7 Å². The molecule has 0 aromatic heterocycles. The zero-order valence-electron chi connectivity index (χ0n) is 8.72. The molecule has 2 N–H and O–H groups in total. The Morgan fingerprint density at radius 3 is 2.62 bits per heavy atom. The molecule has 0 heterocycles. The summed E-state index contributed by atoms with van der Waals surface area (Å²) in [5.74, 6) is 0. The average molecular weight is 188 g/mol. The fourth-order valence-electron chi connectivity index (χ4n) is 0.795. The van der Waals surface area contributed by atoms with Crippen LogP contribution in [0.15, 0.2) is 0 Å². The van der Waals surface area contributed by atoms with Crippen LogP contribution >= 0.6 is 0 Å². The molecule has 0 aliphatic heterocycles. The number of amides is 1. The van der Waals surface area contributed by atoms with Crippen LogP contribution < -0.4 is 10.6 Å². The fraction of sp³-hybridized carbons (Fsp3) is 0.889. The summed E-state index contributed by atoms with van der Waals surface area (Å²) in [6.45, 7) is 8.01. The Morgan fingerprint density at radius 1 is 1.38 bits per heavy atom. The fourth-order valence-corrected chi connectivity index (χ4v) is 0.795. The van der Waals surface area contributed by atoms with Crippen molar-refractivity contribution in [1.82, 2.24) is 10.6 Å². The minimum absolute atomic E-state index is 0.135. The Morgan fingerprint density at radius 2 is 2.08 bits per heavy atom. The van der Waals surface area contributed by atoms with E-state index in [-0.39, 0.29) is 12.1 Å². The van der Waals surface area contributed by atoms with Crippen molar-refractivity contribution in [2.24, 2.45) is 0 Å². The van der Waals surface area contributed by atoms with Gasteiger partial charge in [0.15, 0.2) is 0 Å². The van der Waals surface area contributed by atoms with E-state index in [2.05, 4.69) is 17.6 Å². The van der Waals surface area contributed by atoms with Gasteiger partial charge in [0.05, 0.1) is 0 Å². The first kappa shape index (κ1) is 12.2. The molecule has 0 bridgehead atoms. The summed E-state index contributed by atoms with van der Waals surface area (Å²) in [7, 11) is 0. The van der Waals surface area contributed by atoms with Gasteiger partial charge >= 0.3 is 6.09 Å². The highest BCUT2D eigenvalue weighted by Crippen LogP contribution is 1.81. The van der Waals surface area contributed by atoms with Crippen molar-refractivity contribution in [3.8, 4) is 0 Å². The number of hydrogen-bond donors (Lipinski definition) is 2. The third kappa shape index (κ3) is 9.14. The van der Waals surface area contributed by atoms with Crippen LogP contribution in [0.5, 0.6) is 0 Å². The Balaban J connectivity index is 3.17. The molecule has 0 aliphatic carbocycles. The molecular weight excluding hydrogens is 168 g/mol. The van der Waals surface area contributed by atoms with Gasteiger partial charge in [-0.15, -0.1) is 0 Å². The Hall–Kier alpha value is -0.770. The van der Waals surface area contributed by atoms with E-state index >= 15 is 0 Å². The number of hydrogen-bond acceptors (Lipinski definition) is 3. The van der Waals surface area contributed by atoms with Crippen molar-refractivity contribution in [3.05, 3.63) is 0 Å². The summed E-state index contributed by atoms with van der Waals surface area (Å²) >= 11 is 0. The summed E-state index contributed by atoms with van der Waals surface area (Å²) in [6, 6.07) is 0.135. The van der Waals surface area contributed by atoms with E-state index in [0.717, 1.165) is 19.5 Å². The molecule has 4 nitrogen and oxygen atoms in total. The lowest BCUT2D eigenvalue weighted by atomic mass is 10.4. The van der Waals surface area contributed by atoms with Crippen LogP contribution in [0.1, 0.15) is 27.2 Å². The van der Waals surface area contributed by atoms with Crippen molar-refractivity contribution in [3.63, 3.8) is 0 Å². The van der Waals surface area contributed by atoms with E-state index in [1.165, 1.54) is 0 Å². The molecule has 0 saturated heterocycles. The van der Waals surface area contributed by atoms with Crippen LogP contribution in [0, 0.1) is 0 Å². The number of ether oxygens (including phenoxy) is 1. The number of alkyl carbamates (subject to hydrolysis) is 1. The van der Waals surface area contributed by atoms with Crippen LogP contribution in [-0.2, 0) is 4.74 Å². The molecule has 78 valence electrons. The van der Waals surface area contributed by atoms with Crippen LogP contribution in [0.25, 0.3) is 0 Å². The molecule has 0 aliphatic rings. The molecule has 0 saturated carbocycles. The van der Waals surface area contributed by atoms with Gasteiger partial charge in [0.2, 0.25) is 0 Å². The van der Waals surface area contributed by atoms with Gasteiger partial charge in [-0.2, -0.15) is 0 Å². The number of nitrogens with one attached hydrogen (secondary N) is 2. The largest absolute Gasteiger partial charge is 0.448 e. The Labute approximate surface area is 80.0 Å². The molecule has 1 amide bonds. The van der Waals surface area contributed by atoms with E-state index in [0.29, 0.717) is 6.61 Å². The van der Waals surface area contributed by atoms with Gasteiger partial charge in [-0.25, -0.2) is 4.79 Å². The Bertz CT molecular complexity index is 138. The predicted molar refractivity (Wildman–Crippen MR) is 52.8 cm³/mol. The van der Waals surface area contributed by atoms with E-state index in [9.17, 15) is 4.79 Å². The number of rotatable bonds is 6. The topological polar surface area (TPSA) is 50.4 Å². The highest BCUT2D eigenvalue weighted by atomic mass is 16.5. The SMILES string of the molecule is CCCNCCOC(=O)NC(C)C. The maximum absolute atomic E-state index is 10.9. The van der Waals surface area contributed by atoms with Crippen molar-refractivity contribution in [1.29, 1.82) is 0 Å². The minimum Gasteiger partial charge on any atom is -0.448 e. The maximum atomic E-state index is 10.9. The van der Waals surface area contributed by atoms with Gasteiger partial charge in [0.1, 0.15) is 6.61 Å². The van der Waals surface area contributed by atoms with Gasteiger partial charge in [0, 0.05) is 12.6 Å². The normalized spacial score (nSPS) is 10.2. The summed E-state index contributed by atoms with van der Waals surface area (Å²) in [5, 5.41) is 5.78. The monoisotopic (exact) mass is 188 g/mol. The predicted octanol–water partition coefficient (Wildman–Crippen LogP) is 1.12. The number of carbonyl (C=O) groups excluding carboxylic acids is 1. The lowest BCUT2D eigenvalue weighted by molar-refractivity contribution is 0.144. The molecule has 13 heavy (non-hydrogen) atoms. The van der Waals surface area contributed by atoms with Crippen molar-refractivity contribution < 1.29 is 9.53 Å². The molecule has 0 aromatic rings. The van der Waals surface area contributed by atoms with E-state index < -0.39 is 0 Å². The molecule has 0 rings (SSSR count). The van der Waals surface area contributed by atoms with E-state index in [1.54, 1.807) is 0 Å². The van der Waals surface area contributed by atoms with Gasteiger partial charge in [-0.05, 0) is 26.8 Å². The third-order valence-electron chi connectivity index (χ3n) is 1.35. The van der Waals surface area contributed by atoms with Gasteiger partial charge in [0.25, 0.3) is 0 Å². The van der Waals surface area contributed by atoms with Gasteiger partial charge in [-0.1, -0.05) is 6.92 Å². The first-order valence-electron chi connectivity index (χ1n) is 4.80. The quantitative estimate of drug-likeness (QED) is 0.614. The second-order valence-electron chi connectivity index (χ2n) is 3.18. The van der Waals surface area contributed by atoms with Crippen molar-refractivity contribution >= 4 is 6.09 Å². The lowest BCUT2D eigenvalue weighted by Gasteiger charge is -2.09. The van der Waals surface area contributed by atoms with Crippen LogP contribution in [0.2, 0.25) is 0 Å². The van der Waals surface area contributed by atoms with E-state index in [4.69, 9.17) is 4.74 Å². The van der Waals surface area contributed by atoms with Gasteiger partial charge in [-0.3, -0.25) is 0 Å². The second kappa shape index (κ2) is 7.86. The summed E-state index contributed by atoms with van der Waals surface area (Å²) in [5.41, 5.74) is 0. The lowest BCUT2D eigenvalue weighted by Crippen LogP contribution is -2.32. The maximum Gasteiger partial charge on any atom is 0.407 e. The molecule has 0 fully saturated rings. The third-order valence-corrected chi connectivity index (χ3v) is 1.35. The van der Waals surface area contributed by atoms with Gasteiger partial charge < -0.3 is 15.4 Å². The molecule has 0 aromatic carbocycles. The highest BCUT2D eigenvalue weighted by molar-refractivity contribution is 5.67. The second-order valence-corrected chi connectivity index (χ2v) is 3.18. The minimum atomic E-state index is -0.340. The molecule has 0 atom stereocenters.